The number of rotatable bonds is 4. The normalized spacial score (nSPS) is 12.2. The van der Waals surface area contributed by atoms with Crippen LogP contribution in [0.2, 0.25) is 5.02 Å². The average Bonchev–Trinajstić information content (AvgIpc) is 2.37. The number of benzene rings is 1. The molecule has 0 radical (unpaired) electrons. The van der Waals surface area contributed by atoms with Crippen LogP contribution < -0.4 is 4.74 Å². The molecule has 2 aromatic rings. The second-order valence-corrected chi connectivity index (χ2v) is 4.59. The Bertz CT molecular complexity index is 575. The van der Waals surface area contributed by atoms with E-state index in [1.54, 1.807) is 25.1 Å². The molecule has 0 aliphatic rings. The smallest absolute Gasteiger partial charge is 0.141 e. The molecule has 1 aromatic carbocycles. The molecule has 0 aliphatic carbocycles. The van der Waals surface area contributed by atoms with Crippen LogP contribution in [-0.4, -0.2) is 10.1 Å². The molecule has 0 amide bonds. The lowest BCUT2D eigenvalue weighted by atomic mass is 10.1. The monoisotopic (exact) mass is 281 g/mol. The quantitative estimate of drug-likeness (QED) is 0.932. The molecule has 19 heavy (non-hydrogen) atoms. The van der Waals surface area contributed by atoms with Gasteiger partial charge in [-0.1, -0.05) is 11.6 Å². The van der Waals surface area contributed by atoms with Crippen molar-refractivity contribution in [1.82, 2.24) is 4.98 Å². The van der Waals surface area contributed by atoms with E-state index in [2.05, 4.69) is 4.98 Å². The van der Waals surface area contributed by atoms with Crippen LogP contribution in [0.25, 0.3) is 0 Å². The van der Waals surface area contributed by atoms with Crippen LogP contribution in [0.15, 0.2) is 36.7 Å². The largest absolute Gasteiger partial charge is 0.488 e. The van der Waals surface area contributed by atoms with Gasteiger partial charge in [0.2, 0.25) is 0 Å². The van der Waals surface area contributed by atoms with Crippen molar-refractivity contribution in [3.63, 3.8) is 0 Å². The molecule has 1 unspecified atom stereocenters. The van der Waals surface area contributed by atoms with Gasteiger partial charge in [-0.25, -0.2) is 4.39 Å². The molecule has 0 fully saturated rings. The number of nitrogens with zero attached hydrogens (tertiary/aromatic N) is 1. The summed E-state index contributed by atoms with van der Waals surface area (Å²) in [5.74, 6) is 0.108. The van der Waals surface area contributed by atoms with Crippen LogP contribution in [0.3, 0.4) is 0 Å². The Labute approximate surface area is 115 Å². The Morgan fingerprint density at radius 2 is 2.16 bits per heavy atom. The number of ether oxygens (including phenoxy) is 1. The maximum Gasteiger partial charge on any atom is 0.141 e. The highest BCUT2D eigenvalue weighted by atomic mass is 35.5. The van der Waals surface area contributed by atoms with Gasteiger partial charge < -0.3 is 9.84 Å². The summed E-state index contributed by atoms with van der Waals surface area (Å²) in [5.41, 5.74) is 1.21. The molecule has 0 spiro atoms. The molecule has 0 saturated heterocycles. The number of aliphatic hydroxyl groups is 1. The molecule has 100 valence electrons. The Balaban J connectivity index is 2.15. The Hall–Kier alpha value is -1.65. The molecule has 0 aliphatic heterocycles. The lowest BCUT2D eigenvalue weighted by Gasteiger charge is -2.13. The first-order chi connectivity index (χ1) is 9.06. The van der Waals surface area contributed by atoms with E-state index in [0.29, 0.717) is 21.9 Å². The fraction of sp³-hybridized carbons (Fsp3) is 0.214. The van der Waals surface area contributed by atoms with E-state index >= 15 is 0 Å². The van der Waals surface area contributed by atoms with Crippen molar-refractivity contribution in [1.29, 1.82) is 0 Å². The predicted molar refractivity (Wildman–Crippen MR) is 70.6 cm³/mol. The van der Waals surface area contributed by atoms with Gasteiger partial charge in [-0.05, 0) is 31.2 Å². The first kappa shape index (κ1) is 13.8. The van der Waals surface area contributed by atoms with Gasteiger partial charge in [0.15, 0.2) is 0 Å². The minimum absolute atomic E-state index is 0.173. The maximum absolute atomic E-state index is 13.0. The third-order valence-electron chi connectivity index (χ3n) is 2.58. The lowest BCUT2D eigenvalue weighted by molar-refractivity contribution is 0.190. The molecule has 1 heterocycles. The minimum Gasteiger partial charge on any atom is -0.488 e. The van der Waals surface area contributed by atoms with Crippen molar-refractivity contribution in [2.24, 2.45) is 0 Å². The summed E-state index contributed by atoms with van der Waals surface area (Å²) in [5, 5.41) is 10.2. The standard InChI is InChI=1S/C14H13ClFNO2/c1-9(18)13-5-11(15)2-3-14(13)19-8-10-4-12(16)7-17-6-10/h2-7,9,18H,8H2,1H3. The summed E-state index contributed by atoms with van der Waals surface area (Å²) in [7, 11) is 0. The van der Waals surface area contributed by atoms with E-state index < -0.39 is 11.9 Å². The predicted octanol–water partition coefficient (Wildman–Crippen LogP) is 3.51. The van der Waals surface area contributed by atoms with E-state index in [0.717, 1.165) is 6.20 Å². The molecule has 2 rings (SSSR count). The van der Waals surface area contributed by atoms with E-state index in [1.807, 2.05) is 0 Å². The first-order valence-corrected chi connectivity index (χ1v) is 6.14. The zero-order valence-corrected chi connectivity index (χ0v) is 11.1. The topological polar surface area (TPSA) is 42.4 Å². The van der Waals surface area contributed by atoms with Gasteiger partial charge in [-0.3, -0.25) is 4.98 Å². The van der Waals surface area contributed by atoms with Crippen molar-refractivity contribution in [3.8, 4) is 5.75 Å². The molecule has 1 atom stereocenters. The fourth-order valence-electron chi connectivity index (χ4n) is 1.67. The molecule has 3 nitrogen and oxygen atoms in total. The van der Waals surface area contributed by atoms with Crippen LogP contribution in [0, 0.1) is 5.82 Å². The van der Waals surface area contributed by atoms with Crippen molar-refractivity contribution in [2.75, 3.05) is 0 Å². The fourth-order valence-corrected chi connectivity index (χ4v) is 1.85. The second-order valence-electron chi connectivity index (χ2n) is 4.16. The highest BCUT2D eigenvalue weighted by Gasteiger charge is 2.10. The van der Waals surface area contributed by atoms with Crippen molar-refractivity contribution < 1.29 is 14.2 Å². The first-order valence-electron chi connectivity index (χ1n) is 5.76. The van der Waals surface area contributed by atoms with Crippen LogP contribution in [0.5, 0.6) is 5.75 Å². The van der Waals surface area contributed by atoms with Crippen molar-refractivity contribution >= 4 is 11.6 Å². The zero-order chi connectivity index (χ0) is 13.8. The van der Waals surface area contributed by atoms with Gasteiger partial charge in [0, 0.05) is 22.3 Å². The van der Waals surface area contributed by atoms with Crippen LogP contribution >= 0.6 is 11.6 Å². The van der Waals surface area contributed by atoms with Gasteiger partial charge in [0.05, 0.1) is 12.3 Å². The van der Waals surface area contributed by atoms with E-state index in [9.17, 15) is 9.50 Å². The molecular formula is C14H13ClFNO2. The number of halogens is 2. The van der Waals surface area contributed by atoms with E-state index in [1.165, 1.54) is 12.3 Å². The molecule has 1 N–H and O–H groups in total. The molecular weight excluding hydrogens is 269 g/mol. The van der Waals surface area contributed by atoms with Gasteiger partial charge in [0.25, 0.3) is 0 Å². The SMILES string of the molecule is CC(O)c1cc(Cl)ccc1OCc1cncc(F)c1. The number of hydrogen-bond donors (Lipinski definition) is 1. The number of aromatic nitrogens is 1. The van der Waals surface area contributed by atoms with Gasteiger partial charge in [0.1, 0.15) is 18.2 Å². The highest BCUT2D eigenvalue weighted by Crippen LogP contribution is 2.28. The summed E-state index contributed by atoms with van der Waals surface area (Å²) >= 11 is 5.87. The summed E-state index contributed by atoms with van der Waals surface area (Å²) in [6.45, 7) is 1.80. The molecule has 0 bridgehead atoms. The number of pyridine rings is 1. The third kappa shape index (κ3) is 3.66. The number of hydrogen-bond acceptors (Lipinski definition) is 3. The van der Waals surface area contributed by atoms with E-state index in [-0.39, 0.29) is 6.61 Å². The van der Waals surface area contributed by atoms with Crippen molar-refractivity contribution in [2.45, 2.75) is 19.6 Å². The Kier molecular flexibility index (Phi) is 4.35. The Morgan fingerprint density at radius 3 is 2.84 bits per heavy atom. The average molecular weight is 282 g/mol. The second kappa shape index (κ2) is 5.99. The van der Waals surface area contributed by atoms with Gasteiger partial charge in [-0.2, -0.15) is 0 Å². The van der Waals surface area contributed by atoms with Crippen LogP contribution in [0.4, 0.5) is 4.39 Å². The summed E-state index contributed by atoms with van der Waals surface area (Å²) in [6, 6.07) is 6.35. The molecule has 0 saturated carbocycles. The minimum atomic E-state index is -0.695. The van der Waals surface area contributed by atoms with Crippen molar-refractivity contribution in [3.05, 3.63) is 58.6 Å². The molecule has 5 heteroatoms. The highest BCUT2D eigenvalue weighted by molar-refractivity contribution is 6.30. The Morgan fingerprint density at radius 1 is 1.37 bits per heavy atom. The van der Waals surface area contributed by atoms with Gasteiger partial charge >= 0.3 is 0 Å². The number of aliphatic hydroxyl groups excluding tert-OH is 1. The maximum atomic E-state index is 13.0. The lowest BCUT2D eigenvalue weighted by Crippen LogP contribution is -2.01. The van der Waals surface area contributed by atoms with Crippen LogP contribution in [-0.2, 0) is 6.61 Å². The van der Waals surface area contributed by atoms with Gasteiger partial charge in [-0.15, -0.1) is 0 Å². The summed E-state index contributed by atoms with van der Waals surface area (Å²) in [4.78, 5) is 3.74. The van der Waals surface area contributed by atoms with Crippen LogP contribution in [0.1, 0.15) is 24.2 Å². The van der Waals surface area contributed by atoms with E-state index in [4.69, 9.17) is 16.3 Å². The summed E-state index contributed by atoms with van der Waals surface area (Å²) in [6.07, 6.45) is 1.97. The zero-order valence-electron chi connectivity index (χ0n) is 10.3. The summed E-state index contributed by atoms with van der Waals surface area (Å²) < 4.78 is 18.5. The molecule has 1 aromatic heterocycles. The third-order valence-corrected chi connectivity index (χ3v) is 2.81.